The zero-order valence-corrected chi connectivity index (χ0v) is 11.8. The Kier molecular flexibility index (Phi) is 2.83. The van der Waals surface area contributed by atoms with Gasteiger partial charge in [0.25, 0.3) is 0 Å². The third kappa shape index (κ3) is 1.89. The standard InChI is InChI=1S/C14H13ClN2O3/c1-14(2)9(10(14)13(18)19)12-16-11(17-20-12)7-5-3-4-6-8(7)15/h3-6,9-10H,1-2H3,(H,18,19). The first kappa shape index (κ1) is 13.1. The number of aliphatic carboxylic acids is 1. The van der Waals surface area contributed by atoms with E-state index in [0.717, 1.165) is 0 Å². The van der Waals surface area contributed by atoms with Crippen LogP contribution in [-0.2, 0) is 4.79 Å². The Labute approximate surface area is 120 Å². The number of halogens is 1. The highest BCUT2D eigenvalue weighted by molar-refractivity contribution is 6.33. The van der Waals surface area contributed by atoms with Crippen molar-refractivity contribution in [3.63, 3.8) is 0 Å². The minimum atomic E-state index is -0.836. The molecule has 0 spiro atoms. The highest BCUT2D eigenvalue weighted by atomic mass is 35.5. The molecule has 2 atom stereocenters. The van der Waals surface area contributed by atoms with Gasteiger partial charge in [-0.05, 0) is 17.5 Å². The summed E-state index contributed by atoms with van der Waals surface area (Å²) in [6, 6.07) is 7.19. The molecule has 0 aliphatic heterocycles. The second kappa shape index (κ2) is 4.31. The molecule has 104 valence electrons. The van der Waals surface area contributed by atoms with Gasteiger partial charge < -0.3 is 9.63 Å². The number of hydrogen-bond acceptors (Lipinski definition) is 4. The molecule has 1 fully saturated rings. The Morgan fingerprint density at radius 1 is 1.40 bits per heavy atom. The Bertz CT molecular complexity index is 681. The molecule has 0 amide bonds. The average molecular weight is 293 g/mol. The lowest BCUT2D eigenvalue weighted by molar-refractivity contribution is -0.139. The van der Waals surface area contributed by atoms with Crippen molar-refractivity contribution < 1.29 is 14.4 Å². The van der Waals surface area contributed by atoms with Crippen molar-refractivity contribution in [1.82, 2.24) is 10.1 Å². The van der Waals surface area contributed by atoms with E-state index >= 15 is 0 Å². The normalized spacial score (nSPS) is 23.6. The molecule has 1 saturated carbocycles. The number of rotatable bonds is 3. The van der Waals surface area contributed by atoms with E-state index in [1.54, 1.807) is 12.1 Å². The van der Waals surface area contributed by atoms with Gasteiger partial charge in [0.15, 0.2) is 0 Å². The summed E-state index contributed by atoms with van der Waals surface area (Å²) in [6.45, 7) is 3.77. The van der Waals surface area contributed by atoms with Gasteiger partial charge >= 0.3 is 5.97 Å². The van der Waals surface area contributed by atoms with Gasteiger partial charge in [0.2, 0.25) is 11.7 Å². The van der Waals surface area contributed by atoms with E-state index in [1.165, 1.54) is 0 Å². The Morgan fingerprint density at radius 2 is 2.10 bits per heavy atom. The first-order valence-corrected chi connectivity index (χ1v) is 6.62. The first-order chi connectivity index (χ1) is 9.43. The molecule has 1 aromatic carbocycles. The van der Waals surface area contributed by atoms with Gasteiger partial charge in [-0.15, -0.1) is 0 Å². The molecule has 6 heteroatoms. The first-order valence-electron chi connectivity index (χ1n) is 6.24. The van der Waals surface area contributed by atoms with Crippen molar-refractivity contribution in [3.05, 3.63) is 35.2 Å². The van der Waals surface area contributed by atoms with E-state index in [1.807, 2.05) is 26.0 Å². The Morgan fingerprint density at radius 3 is 2.70 bits per heavy atom. The molecular weight excluding hydrogens is 280 g/mol. The lowest BCUT2D eigenvalue weighted by Crippen LogP contribution is -2.03. The van der Waals surface area contributed by atoms with E-state index in [2.05, 4.69) is 10.1 Å². The van der Waals surface area contributed by atoms with Crippen LogP contribution < -0.4 is 0 Å². The molecule has 0 bridgehead atoms. The van der Waals surface area contributed by atoms with Crippen molar-refractivity contribution in [2.75, 3.05) is 0 Å². The van der Waals surface area contributed by atoms with Gasteiger partial charge in [-0.25, -0.2) is 0 Å². The number of carboxylic acid groups (broad SMARTS) is 1. The van der Waals surface area contributed by atoms with Gasteiger partial charge in [-0.2, -0.15) is 4.98 Å². The van der Waals surface area contributed by atoms with Gasteiger partial charge in [-0.1, -0.05) is 42.7 Å². The fourth-order valence-corrected chi connectivity index (χ4v) is 2.89. The number of carbonyl (C=O) groups is 1. The fourth-order valence-electron chi connectivity index (χ4n) is 2.67. The van der Waals surface area contributed by atoms with Crippen LogP contribution in [0, 0.1) is 11.3 Å². The Balaban J connectivity index is 1.93. The van der Waals surface area contributed by atoms with Gasteiger partial charge in [-0.3, -0.25) is 4.79 Å². The maximum absolute atomic E-state index is 11.2. The van der Waals surface area contributed by atoms with Gasteiger partial charge in [0, 0.05) is 5.56 Å². The van der Waals surface area contributed by atoms with Crippen LogP contribution in [0.4, 0.5) is 0 Å². The summed E-state index contributed by atoms with van der Waals surface area (Å²) in [5.74, 6) is -0.821. The molecule has 20 heavy (non-hydrogen) atoms. The maximum atomic E-state index is 11.2. The molecule has 5 nitrogen and oxygen atoms in total. The molecule has 1 aliphatic carbocycles. The van der Waals surface area contributed by atoms with Crippen LogP contribution in [0.1, 0.15) is 25.7 Å². The van der Waals surface area contributed by atoms with Crippen LogP contribution in [0.3, 0.4) is 0 Å². The maximum Gasteiger partial charge on any atom is 0.307 e. The molecule has 1 aliphatic rings. The highest BCUT2D eigenvalue weighted by Crippen LogP contribution is 2.64. The average Bonchev–Trinajstić information content (AvgIpc) is 2.74. The van der Waals surface area contributed by atoms with Gasteiger partial charge in [0.05, 0.1) is 16.9 Å². The van der Waals surface area contributed by atoms with Gasteiger partial charge in [0.1, 0.15) is 0 Å². The SMILES string of the molecule is CC1(C)C(C(=O)O)C1c1nc(-c2ccccc2Cl)no1. The topological polar surface area (TPSA) is 76.2 Å². The molecule has 2 unspecified atom stereocenters. The molecule has 3 rings (SSSR count). The summed E-state index contributed by atoms with van der Waals surface area (Å²) in [7, 11) is 0. The van der Waals surface area contributed by atoms with E-state index in [9.17, 15) is 9.90 Å². The van der Waals surface area contributed by atoms with Crippen molar-refractivity contribution in [2.45, 2.75) is 19.8 Å². The van der Waals surface area contributed by atoms with E-state index in [4.69, 9.17) is 16.1 Å². The summed E-state index contributed by atoms with van der Waals surface area (Å²) in [5.41, 5.74) is 0.310. The summed E-state index contributed by atoms with van der Waals surface area (Å²) in [4.78, 5) is 15.5. The van der Waals surface area contributed by atoms with Crippen LogP contribution in [0.5, 0.6) is 0 Å². The van der Waals surface area contributed by atoms with E-state index in [-0.39, 0.29) is 11.3 Å². The predicted molar refractivity (Wildman–Crippen MR) is 72.4 cm³/mol. The number of nitrogens with zero attached hydrogens (tertiary/aromatic N) is 2. The number of benzene rings is 1. The second-order valence-corrected chi connectivity index (χ2v) is 5.96. The second-order valence-electron chi connectivity index (χ2n) is 5.55. The van der Waals surface area contributed by atoms with Crippen LogP contribution in [0.2, 0.25) is 5.02 Å². The molecular formula is C14H13ClN2O3. The van der Waals surface area contributed by atoms with Crippen molar-refractivity contribution in [3.8, 4) is 11.4 Å². The van der Waals surface area contributed by atoms with Crippen molar-refractivity contribution in [1.29, 1.82) is 0 Å². The van der Waals surface area contributed by atoms with Crippen LogP contribution in [-0.4, -0.2) is 21.2 Å². The molecule has 1 heterocycles. The van der Waals surface area contributed by atoms with Crippen molar-refractivity contribution >= 4 is 17.6 Å². The monoisotopic (exact) mass is 292 g/mol. The predicted octanol–water partition coefficient (Wildman–Crippen LogP) is 3.21. The van der Waals surface area contributed by atoms with Crippen LogP contribution in [0.15, 0.2) is 28.8 Å². The fraction of sp³-hybridized carbons (Fsp3) is 0.357. The number of carboxylic acids is 1. The number of hydrogen-bond donors (Lipinski definition) is 1. The van der Waals surface area contributed by atoms with E-state index in [0.29, 0.717) is 22.3 Å². The minimum absolute atomic E-state index is 0.247. The minimum Gasteiger partial charge on any atom is -0.481 e. The summed E-state index contributed by atoms with van der Waals surface area (Å²) in [6.07, 6.45) is 0. The Hall–Kier alpha value is -1.88. The van der Waals surface area contributed by atoms with Crippen LogP contribution >= 0.6 is 11.6 Å². The number of aromatic nitrogens is 2. The summed E-state index contributed by atoms with van der Waals surface area (Å²) < 4.78 is 5.23. The largest absolute Gasteiger partial charge is 0.481 e. The molecule has 0 radical (unpaired) electrons. The molecule has 0 saturated heterocycles. The zero-order chi connectivity index (χ0) is 14.5. The van der Waals surface area contributed by atoms with Crippen LogP contribution in [0.25, 0.3) is 11.4 Å². The lowest BCUT2D eigenvalue weighted by atomic mass is 10.1. The van der Waals surface area contributed by atoms with E-state index < -0.39 is 11.9 Å². The smallest absolute Gasteiger partial charge is 0.307 e. The molecule has 2 aromatic rings. The third-order valence-electron chi connectivity index (χ3n) is 3.92. The summed E-state index contributed by atoms with van der Waals surface area (Å²) in [5, 5.41) is 13.6. The quantitative estimate of drug-likeness (QED) is 0.940. The highest BCUT2D eigenvalue weighted by Gasteiger charge is 2.65. The zero-order valence-electron chi connectivity index (χ0n) is 11.0. The molecule has 1 aromatic heterocycles. The molecule has 1 N–H and O–H groups in total. The van der Waals surface area contributed by atoms with Crippen molar-refractivity contribution in [2.24, 2.45) is 11.3 Å². The summed E-state index contributed by atoms with van der Waals surface area (Å²) >= 11 is 6.08. The lowest BCUT2D eigenvalue weighted by Gasteiger charge is -1.97. The third-order valence-corrected chi connectivity index (χ3v) is 4.25.